The van der Waals surface area contributed by atoms with Crippen LogP contribution in [0.1, 0.15) is 12.8 Å². The van der Waals surface area contributed by atoms with E-state index in [2.05, 4.69) is 5.32 Å². The molecule has 0 spiro atoms. The molecule has 8 nitrogen and oxygen atoms in total. The summed E-state index contributed by atoms with van der Waals surface area (Å²) in [6.07, 6.45) is -0.328. The van der Waals surface area contributed by atoms with Crippen molar-refractivity contribution in [2.45, 2.75) is 12.8 Å². The predicted octanol–water partition coefficient (Wildman–Crippen LogP) is -1.49. The molecule has 0 aliphatic rings. The molecule has 0 fully saturated rings. The lowest BCUT2D eigenvalue weighted by atomic mass is 10.2. The summed E-state index contributed by atoms with van der Waals surface area (Å²) in [5, 5.41) is 19.3. The molecule has 0 aliphatic heterocycles. The molecule has 0 saturated heterocycles. The van der Waals surface area contributed by atoms with E-state index in [1.807, 2.05) is 0 Å². The van der Waals surface area contributed by atoms with E-state index in [0.29, 0.717) is 4.90 Å². The SMILES string of the molecule is CNC(=O)CCC(=O)N(CC(=O)O)CC(=O)O. The van der Waals surface area contributed by atoms with Crippen LogP contribution in [-0.4, -0.2) is 59.0 Å². The number of hydrogen-bond donors (Lipinski definition) is 3. The maximum absolute atomic E-state index is 11.5. The molecule has 2 amide bonds. The van der Waals surface area contributed by atoms with Crippen molar-refractivity contribution in [3.63, 3.8) is 0 Å². The monoisotopic (exact) mass is 246 g/mol. The van der Waals surface area contributed by atoms with Gasteiger partial charge in [0.05, 0.1) is 0 Å². The highest BCUT2D eigenvalue weighted by Crippen LogP contribution is 1.98. The molecule has 8 heteroatoms. The van der Waals surface area contributed by atoms with Crippen LogP contribution in [0.4, 0.5) is 0 Å². The Kier molecular flexibility index (Phi) is 6.30. The first-order chi connectivity index (χ1) is 7.86. The lowest BCUT2D eigenvalue weighted by Crippen LogP contribution is -2.39. The Hall–Kier alpha value is -2.12. The number of carboxylic acids is 2. The van der Waals surface area contributed by atoms with Crippen molar-refractivity contribution in [1.82, 2.24) is 10.2 Å². The van der Waals surface area contributed by atoms with Gasteiger partial charge in [-0.1, -0.05) is 0 Å². The zero-order chi connectivity index (χ0) is 13.4. The average Bonchev–Trinajstić information content (AvgIpc) is 2.23. The summed E-state index contributed by atoms with van der Waals surface area (Å²) < 4.78 is 0. The maximum atomic E-state index is 11.5. The summed E-state index contributed by atoms with van der Waals surface area (Å²) in [5.74, 6) is -3.67. The highest BCUT2D eigenvalue weighted by Gasteiger charge is 2.19. The Balaban J connectivity index is 4.36. The summed E-state index contributed by atoms with van der Waals surface area (Å²) >= 11 is 0. The number of carbonyl (C=O) groups is 4. The van der Waals surface area contributed by atoms with Gasteiger partial charge in [0.2, 0.25) is 11.8 Å². The van der Waals surface area contributed by atoms with Crippen LogP contribution < -0.4 is 5.32 Å². The Labute approximate surface area is 97.2 Å². The summed E-state index contributed by atoms with van der Waals surface area (Å²) in [6.45, 7) is -1.39. The summed E-state index contributed by atoms with van der Waals surface area (Å²) in [5.41, 5.74) is 0. The lowest BCUT2D eigenvalue weighted by Gasteiger charge is -2.18. The van der Waals surface area contributed by atoms with Gasteiger partial charge in [-0.25, -0.2) is 0 Å². The second kappa shape index (κ2) is 7.20. The van der Waals surface area contributed by atoms with Crippen LogP contribution in [0.15, 0.2) is 0 Å². The third kappa shape index (κ3) is 6.88. The second-order valence-electron chi connectivity index (χ2n) is 3.21. The number of amides is 2. The van der Waals surface area contributed by atoms with Gasteiger partial charge in [0.1, 0.15) is 13.1 Å². The fourth-order valence-corrected chi connectivity index (χ4v) is 1.06. The molecule has 0 aromatic rings. The molecule has 0 rings (SSSR count). The number of rotatable bonds is 7. The highest BCUT2D eigenvalue weighted by atomic mass is 16.4. The van der Waals surface area contributed by atoms with Crippen molar-refractivity contribution in [2.24, 2.45) is 0 Å². The number of nitrogens with one attached hydrogen (secondary N) is 1. The molecule has 0 aromatic heterocycles. The smallest absolute Gasteiger partial charge is 0.323 e. The van der Waals surface area contributed by atoms with Crippen LogP contribution in [0.5, 0.6) is 0 Å². The molecule has 17 heavy (non-hydrogen) atoms. The fourth-order valence-electron chi connectivity index (χ4n) is 1.06. The van der Waals surface area contributed by atoms with Crippen LogP contribution >= 0.6 is 0 Å². The molecule has 96 valence electrons. The Morgan fingerprint density at radius 2 is 1.47 bits per heavy atom. The molecule has 0 radical (unpaired) electrons. The standard InChI is InChI=1S/C9H14N2O6/c1-10-6(12)2-3-7(13)11(4-8(14)15)5-9(16)17/h2-5H2,1H3,(H,10,12)(H,14,15)(H,16,17). The van der Waals surface area contributed by atoms with Crippen molar-refractivity contribution < 1.29 is 29.4 Å². The topological polar surface area (TPSA) is 124 Å². The minimum Gasteiger partial charge on any atom is -0.480 e. The van der Waals surface area contributed by atoms with E-state index < -0.39 is 30.9 Å². The first kappa shape index (κ1) is 14.9. The van der Waals surface area contributed by atoms with Gasteiger partial charge in [-0.15, -0.1) is 0 Å². The van der Waals surface area contributed by atoms with E-state index in [0.717, 1.165) is 0 Å². The quantitative estimate of drug-likeness (QED) is 0.502. The third-order valence-electron chi connectivity index (χ3n) is 1.85. The Bertz CT molecular complexity index is 311. The van der Waals surface area contributed by atoms with E-state index in [4.69, 9.17) is 10.2 Å². The van der Waals surface area contributed by atoms with Crippen molar-refractivity contribution in [1.29, 1.82) is 0 Å². The minimum atomic E-state index is -1.31. The van der Waals surface area contributed by atoms with Crippen molar-refractivity contribution in [3.05, 3.63) is 0 Å². The largest absolute Gasteiger partial charge is 0.480 e. The predicted molar refractivity (Wildman–Crippen MR) is 55.2 cm³/mol. The molecule has 0 unspecified atom stereocenters. The minimum absolute atomic E-state index is 0.106. The number of carboxylic acid groups (broad SMARTS) is 2. The van der Waals surface area contributed by atoms with Gasteiger partial charge in [-0.3, -0.25) is 19.2 Å². The highest BCUT2D eigenvalue weighted by molar-refractivity contribution is 5.87. The second-order valence-corrected chi connectivity index (χ2v) is 3.21. The van der Waals surface area contributed by atoms with Crippen LogP contribution in [0.25, 0.3) is 0 Å². The molecular formula is C9H14N2O6. The van der Waals surface area contributed by atoms with Gasteiger partial charge < -0.3 is 20.4 Å². The molecule has 0 heterocycles. The molecule has 0 saturated carbocycles. The Morgan fingerprint density at radius 3 is 1.82 bits per heavy atom. The van der Waals surface area contributed by atoms with Crippen molar-refractivity contribution in [3.8, 4) is 0 Å². The normalized spacial score (nSPS) is 9.47. The first-order valence-corrected chi connectivity index (χ1v) is 4.78. The molecule has 3 N–H and O–H groups in total. The maximum Gasteiger partial charge on any atom is 0.323 e. The molecular weight excluding hydrogens is 232 g/mol. The number of nitrogens with zero attached hydrogens (tertiary/aromatic N) is 1. The van der Waals surface area contributed by atoms with Gasteiger partial charge in [0.15, 0.2) is 0 Å². The van der Waals surface area contributed by atoms with E-state index in [1.54, 1.807) is 0 Å². The van der Waals surface area contributed by atoms with Crippen LogP contribution in [0, 0.1) is 0 Å². The zero-order valence-electron chi connectivity index (χ0n) is 9.30. The van der Waals surface area contributed by atoms with Crippen LogP contribution in [0.2, 0.25) is 0 Å². The van der Waals surface area contributed by atoms with Crippen molar-refractivity contribution in [2.75, 3.05) is 20.1 Å². The van der Waals surface area contributed by atoms with Gasteiger partial charge in [-0.05, 0) is 0 Å². The summed E-state index contributed by atoms with van der Waals surface area (Å²) in [6, 6.07) is 0. The fraction of sp³-hybridized carbons (Fsp3) is 0.556. The molecule has 0 atom stereocenters. The summed E-state index contributed by atoms with van der Waals surface area (Å²) in [4.78, 5) is 43.8. The number of carbonyl (C=O) groups excluding carboxylic acids is 2. The zero-order valence-corrected chi connectivity index (χ0v) is 9.30. The van der Waals surface area contributed by atoms with Gasteiger partial charge in [0.25, 0.3) is 0 Å². The van der Waals surface area contributed by atoms with E-state index >= 15 is 0 Å². The molecule has 0 aromatic carbocycles. The van der Waals surface area contributed by atoms with Gasteiger partial charge in [-0.2, -0.15) is 0 Å². The number of hydrogen-bond acceptors (Lipinski definition) is 4. The molecule has 0 bridgehead atoms. The van der Waals surface area contributed by atoms with Crippen molar-refractivity contribution >= 4 is 23.8 Å². The first-order valence-electron chi connectivity index (χ1n) is 4.78. The van der Waals surface area contributed by atoms with Crippen LogP contribution in [0.3, 0.4) is 0 Å². The molecule has 0 aliphatic carbocycles. The Morgan fingerprint density at radius 1 is 1.00 bits per heavy atom. The van der Waals surface area contributed by atoms with E-state index in [9.17, 15) is 19.2 Å². The average molecular weight is 246 g/mol. The third-order valence-corrected chi connectivity index (χ3v) is 1.85. The van der Waals surface area contributed by atoms with Gasteiger partial charge in [0, 0.05) is 19.9 Å². The van der Waals surface area contributed by atoms with Gasteiger partial charge >= 0.3 is 11.9 Å². The summed E-state index contributed by atoms with van der Waals surface area (Å²) in [7, 11) is 1.40. The number of aliphatic carboxylic acids is 2. The lowest BCUT2D eigenvalue weighted by molar-refractivity contribution is -0.149. The van der Waals surface area contributed by atoms with E-state index in [-0.39, 0.29) is 18.7 Å². The van der Waals surface area contributed by atoms with Crippen LogP contribution in [-0.2, 0) is 19.2 Å². The van der Waals surface area contributed by atoms with E-state index in [1.165, 1.54) is 7.05 Å².